The fraction of sp³-hybridized carbons (Fsp3) is 0.692. The molecule has 1 spiro atoms. The maximum atomic E-state index is 11.3. The highest BCUT2D eigenvalue weighted by atomic mass is 16.1. The lowest BCUT2D eigenvalue weighted by Gasteiger charge is -2.35. The molecule has 0 radical (unpaired) electrons. The van der Waals surface area contributed by atoms with Gasteiger partial charge in [0.1, 0.15) is 0 Å². The third-order valence-corrected chi connectivity index (χ3v) is 4.24. The summed E-state index contributed by atoms with van der Waals surface area (Å²) in [6.45, 7) is 2.56. The van der Waals surface area contributed by atoms with Gasteiger partial charge >= 0.3 is 0 Å². The van der Waals surface area contributed by atoms with Crippen molar-refractivity contribution in [1.29, 1.82) is 0 Å². The second-order valence-electron chi connectivity index (χ2n) is 5.40. The summed E-state index contributed by atoms with van der Waals surface area (Å²) in [5.41, 5.74) is 2.53. The summed E-state index contributed by atoms with van der Waals surface area (Å²) in [4.78, 5) is 11.3. The van der Waals surface area contributed by atoms with E-state index in [0.29, 0.717) is 5.41 Å². The Bertz CT molecular complexity index is 444. The van der Waals surface area contributed by atoms with Gasteiger partial charge in [0, 0.05) is 18.9 Å². The topological polar surface area (TPSA) is 46.9 Å². The fourth-order valence-electron chi connectivity index (χ4n) is 3.62. The zero-order chi connectivity index (χ0) is 11.9. The molecule has 92 valence electrons. The molecule has 1 aliphatic heterocycles. The van der Waals surface area contributed by atoms with Crippen LogP contribution in [0, 0.1) is 0 Å². The van der Waals surface area contributed by atoms with E-state index in [9.17, 15) is 4.79 Å². The Morgan fingerprint density at radius 1 is 1.35 bits per heavy atom. The molecule has 17 heavy (non-hydrogen) atoms. The second kappa shape index (κ2) is 3.86. The fourth-order valence-corrected chi connectivity index (χ4v) is 3.62. The van der Waals surface area contributed by atoms with Crippen LogP contribution in [0.2, 0.25) is 0 Å². The molecule has 4 heteroatoms. The first-order valence-corrected chi connectivity index (χ1v) is 6.55. The van der Waals surface area contributed by atoms with Crippen molar-refractivity contribution in [2.45, 2.75) is 57.4 Å². The van der Waals surface area contributed by atoms with Crippen LogP contribution in [0.1, 0.15) is 51.1 Å². The quantitative estimate of drug-likeness (QED) is 0.810. The molecule has 0 unspecified atom stereocenters. The third kappa shape index (κ3) is 1.66. The lowest BCUT2D eigenvalue weighted by Crippen LogP contribution is -2.32. The van der Waals surface area contributed by atoms with Gasteiger partial charge in [0.05, 0.1) is 17.6 Å². The summed E-state index contributed by atoms with van der Waals surface area (Å²) in [6, 6.07) is 0. The van der Waals surface area contributed by atoms with Crippen molar-refractivity contribution in [1.82, 2.24) is 9.78 Å². The number of anilines is 1. The minimum Gasteiger partial charge on any atom is -0.323 e. The number of amides is 1. The predicted octanol–water partition coefficient (Wildman–Crippen LogP) is 2.45. The van der Waals surface area contributed by atoms with Crippen LogP contribution in [0.3, 0.4) is 0 Å². The van der Waals surface area contributed by atoms with Gasteiger partial charge in [0.2, 0.25) is 5.91 Å². The van der Waals surface area contributed by atoms with Gasteiger partial charge < -0.3 is 5.32 Å². The van der Waals surface area contributed by atoms with Crippen molar-refractivity contribution < 1.29 is 4.79 Å². The Kier molecular flexibility index (Phi) is 2.45. The first kappa shape index (κ1) is 10.8. The number of aromatic nitrogens is 2. The molecule has 0 atom stereocenters. The molecule has 1 aliphatic carbocycles. The summed E-state index contributed by atoms with van der Waals surface area (Å²) in [5.74, 6) is -0.000444. The lowest BCUT2D eigenvalue weighted by molar-refractivity contribution is -0.114. The molecular formula is C13H19N3O. The zero-order valence-corrected chi connectivity index (χ0v) is 10.3. The maximum Gasteiger partial charge on any atom is 0.221 e. The molecule has 1 saturated carbocycles. The van der Waals surface area contributed by atoms with Crippen LogP contribution in [0.4, 0.5) is 5.69 Å². The molecule has 0 saturated heterocycles. The van der Waals surface area contributed by atoms with E-state index in [0.717, 1.165) is 12.2 Å². The molecule has 1 fully saturated rings. The number of hydrogen-bond donors (Lipinski definition) is 1. The van der Waals surface area contributed by atoms with Crippen LogP contribution >= 0.6 is 0 Å². The monoisotopic (exact) mass is 233 g/mol. The Balaban J connectivity index is 2.04. The molecule has 4 nitrogen and oxygen atoms in total. The highest BCUT2D eigenvalue weighted by molar-refractivity contribution is 5.89. The van der Waals surface area contributed by atoms with E-state index < -0.39 is 0 Å². The Morgan fingerprint density at radius 2 is 2.06 bits per heavy atom. The van der Waals surface area contributed by atoms with Gasteiger partial charge in [0.25, 0.3) is 0 Å². The Morgan fingerprint density at radius 3 is 2.76 bits per heavy atom. The van der Waals surface area contributed by atoms with Gasteiger partial charge in [-0.1, -0.05) is 12.8 Å². The average molecular weight is 233 g/mol. The van der Waals surface area contributed by atoms with Crippen molar-refractivity contribution in [3.63, 3.8) is 0 Å². The van der Waals surface area contributed by atoms with E-state index in [1.807, 2.05) is 6.20 Å². The van der Waals surface area contributed by atoms with Crippen molar-refractivity contribution in [2.75, 3.05) is 5.32 Å². The molecule has 2 aliphatic rings. The second-order valence-corrected chi connectivity index (χ2v) is 5.40. The number of carbonyl (C=O) groups excluding carboxylic acids is 1. The van der Waals surface area contributed by atoms with Gasteiger partial charge in [-0.25, -0.2) is 0 Å². The molecule has 2 heterocycles. The van der Waals surface area contributed by atoms with E-state index in [1.54, 1.807) is 6.92 Å². The average Bonchev–Trinajstić information content (AvgIpc) is 2.87. The number of carbonyl (C=O) groups is 1. The van der Waals surface area contributed by atoms with Crippen LogP contribution in [-0.2, 0) is 16.8 Å². The summed E-state index contributed by atoms with van der Waals surface area (Å²) in [7, 11) is 0. The van der Waals surface area contributed by atoms with Crippen molar-refractivity contribution in [3.8, 4) is 0 Å². The van der Waals surface area contributed by atoms with Gasteiger partial charge in [-0.3, -0.25) is 9.48 Å². The Hall–Kier alpha value is -1.32. The number of aryl methyl sites for hydroxylation is 1. The summed E-state index contributed by atoms with van der Waals surface area (Å²) < 4.78 is 2.11. The normalized spacial score (nSPS) is 21.5. The van der Waals surface area contributed by atoms with E-state index in [4.69, 9.17) is 0 Å². The van der Waals surface area contributed by atoms with E-state index >= 15 is 0 Å². The van der Waals surface area contributed by atoms with Gasteiger partial charge in [0.15, 0.2) is 0 Å². The van der Waals surface area contributed by atoms with Crippen LogP contribution in [-0.4, -0.2) is 15.7 Å². The lowest BCUT2D eigenvalue weighted by atomic mass is 9.76. The predicted molar refractivity (Wildman–Crippen MR) is 65.9 cm³/mol. The van der Waals surface area contributed by atoms with Gasteiger partial charge in [-0.05, 0) is 25.7 Å². The van der Waals surface area contributed by atoms with Crippen molar-refractivity contribution in [3.05, 3.63) is 11.9 Å². The number of rotatable bonds is 1. The van der Waals surface area contributed by atoms with Crippen LogP contribution in [0.15, 0.2) is 6.20 Å². The first-order valence-electron chi connectivity index (χ1n) is 6.55. The zero-order valence-electron chi connectivity index (χ0n) is 10.3. The smallest absolute Gasteiger partial charge is 0.221 e. The molecule has 0 aromatic carbocycles. The SMILES string of the molecule is CC(=O)Nc1cnn2c1C1(CCCC1)CCC2. The summed E-state index contributed by atoms with van der Waals surface area (Å²) >= 11 is 0. The minimum atomic E-state index is -0.000444. The van der Waals surface area contributed by atoms with E-state index in [-0.39, 0.29) is 5.91 Å². The molecule has 1 aromatic heterocycles. The van der Waals surface area contributed by atoms with Gasteiger partial charge in [-0.15, -0.1) is 0 Å². The molecule has 1 N–H and O–H groups in total. The van der Waals surface area contributed by atoms with Crippen molar-refractivity contribution >= 4 is 11.6 Å². The largest absolute Gasteiger partial charge is 0.323 e. The highest BCUT2D eigenvalue weighted by Crippen LogP contribution is 2.49. The number of fused-ring (bicyclic) bond motifs is 2. The van der Waals surface area contributed by atoms with Crippen LogP contribution in [0.5, 0.6) is 0 Å². The number of hydrogen-bond acceptors (Lipinski definition) is 2. The standard InChI is InChI=1S/C13H19N3O/c1-10(17)15-11-9-14-16-8-4-7-13(12(11)16)5-2-3-6-13/h9H,2-8H2,1H3,(H,15,17). The molecule has 0 bridgehead atoms. The molecule has 3 rings (SSSR count). The number of nitrogens with one attached hydrogen (secondary N) is 1. The summed E-state index contributed by atoms with van der Waals surface area (Å²) in [6.07, 6.45) is 9.42. The molecule has 1 amide bonds. The van der Waals surface area contributed by atoms with Gasteiger partial charge in [-0.2, -0.15) is 5.10 Å². The maximum absolute atomic E-state index is 11.3. The molecular weight excluding hydrogens is 214 g/mol. The van der Waals surface area contributed by atoms with E-state index in [1.165, 1.54) is 44.2 Å². The van der Waals surface area contributed by atoms with Crippen molar-refractivity contribution in [2.24, 2.45) is 0 Å². The third-order valence-electron chi connectivity index (χ3n) is 4.24. The first-order chi connectivity index (χ1) is 8.21. The Labute approximate surface area is 101 Å². The van der Waals surface area contributed by atoms with Crippen LogP contribution < -0.4 is 5.32 Å². The van der Waals surface area contributed by atoms with E-state index in [2.05, 4.69) is 15.1 Å². The molecule has 1 aromatic rings. The minimum absolute atomic E-state index is 0.000444. The highest BCUT2D eigenvalue weighted by Gasteiger charge is 2.42. The summed E-state index contributed by atoms with van der Waals surface area (Å²) in [5, 5.41) is 7.37. The number of nitrogens with zero attached hydrogens (tertiary/aromatic N) is 2. The van der Waals surface area contributed by atoms with Crippen LogP contribution in [0.25, 0.3) is 0 Å².